The van der Waals surface area contributed by atoms with E-state index in [0.717, 1.165) is 11.3 Å². The van der Waals surface area contributed by atoms with Crippen molar-refractivity contribution < 1.29 is 14.3 Å². The Kier molecular flexibility index (Phi) is 4.06. The summed E-state index contributed by atoms with van der Waals surface area (Å²) in [4.78, 5) is 12.0. The molecule has 0 radical (unpaired) electrons. The summed E-state index contributed by atoms with van der Waals surface area (Å²) in [5, 5.41) is 6.55. The van der Waals surface area contributed by atoms with Gasteiger partial charge in [-0.2, -0.15) is 0 Å². The average Bonchev–Trinajstić information content (AvgIpc) is 2.96. The quantitative estimate of drug-likeness (QED) is 0.906. The first kappa shape index (κ1) is 14.5. The minimum Gasteiger partial charge on any atom is -0.454 e. The number of halogens is 1. The smallest absolute Gasteiger partial charge is 0.243 e. The van der Waals surface area contributed by atoms with Crippen molar-refractivity contribution in [3.63, 3.8) is 0 Å². The number of fused-ring (bicyclic) bond motifs is 1. The van der Waals surface area contributed by atoms with Crippen molar-refractivity contribution >= 4 is 28.9 Å². The van der Waals surface area contributed by atoms with Crippen LogP contribution in [0.2, 0.25) is 5.02 Å². The van der Waals surface area contributed by atoms with Crippen molar-refractivity contribution in [2.75, 3.05) is 24.0 Å². The van der Waals surface area contributed by atoms with E-state index in [0.29, 0.717) is 22.2 Å². The van der Waals surface area contributed by atoms with Crippen molar-refractivity contribution in [3.8, 4) is 11.5 Å². The lowest BCUT2D eigenvalue weighted by atomic mass is 10.2. The van der Waals surface area contributed by atoms with E-state index in [4.69, 9.17) is 21.1 Å². The van der Waals surface area contributed by atoms with E-state index in [2.05, 4.69) is 10.6 Å². The molecule has 1 heterocycles. The fraction of sp³-hybridized carbons (Fsp3) is 0.188. The number of carbonyl (C=O) groups excluding carboxylic acids is 1. The first-order valence-electron chi connectivity index (χ1n) is 6.82. The number of hydrogen-bond acceptors (Lipinski definition) is 4. The Morgan fingerprint density at radius 1 is 1.23 bits per heavy atom. The maximum Gasteiger partial charge on any atom is 0.243 e. The average molecular weight is 319 g/mol. The van der Waals surface area contributed by atoms with Gasteiger partial charge in [-0.1, -0.05) is 17.7 Å². The van der Waals surface area contributed by atoms with Crippen LogP contribution in [-0.2, 0) is 4.79 Å². The molecule has 0 aromatic heterocycles. The third-order valence-corrected chi connectivity index (χ3v) is 3.77. The van der Waals surface area contributed by atoms with Crippen molar-refractivity contribution in [1.82, 2.24) is 0 Å². The van der Waals surface area contributed by atoms with Crippen molar-refractivity contribution in [2.24, 2.45) is 0 Å². The molecule has 5 nitrogen and oxygen atoms in total. The molecule has 1 amide bonds. The second-order valence-electron chi connectivity index (χ2n) is 4.88. The van der Waals surface area contributed by atoms with Crippen LogP contribution in [0.25, 0.3) is 0 Å². The Labute approximate surface area is 133 Å². The molecular formula is C16H15ClN2O3. The fourth-order valence-electron chi connectivity index (χ4n) is 2.15. The highest BCUT2D eigenvalue weighted by Gasteiger charge is 2.14. The molecular weight excluding hydrogens is 304 g/mol. The van der Waals surface area contributed by atoms with Crippen LogP contribution < -0.4 is 20.1 Å². The lowest BCUT2D eigenvalue weighted by molar-refractivity contribution is -0.114. The second kappa shape index (κ2) is 6.15. The van der Waals surface area contributed by atoms with E-state index in [9.17, 15) is 4.79 Å². The lowest BCUT2D eigenvalue weighted by Gasteiger charge is -2.11. The van der Waals surface area contributed by atoms with Gasteiger partial charge >= 0.3 is 0 Å². The Bertz CT molecular complexity index is 719. The largest absolute Gasteiger partial charge is 0.454 e. The number of ether oxygens (including phenoxy) is 2. The summed E-state index contributed by atoms with van der Waals surface area (Å²) in [6.45, 7) is 2.26. The molecule has 6 heteroatoms. The zero-order chi connectivity index (χ0) is 15.5. The first-order chi connectivity index (χ1) is 10.6. The zero-order valence-corrected chi connectivity index (χ0v) is 12.7. The molecule has 0 atom stereocenters. The Morgan fingerprint density at radius 3 is 2.91 bits per heavy atom. The number of anilines is 2. The molecule has 114 valence electrons. The summed E-state index contributed by atoms with van der Waals surface area (Å²) in [6, 6.07) is 10.8. The minimum absolute atomic E-state index is 0.148. The van der Waals surface area contributed by atoms with E-state index in [1.807, 2.05) is 25.1 Å². The molecule has 0 unspecified atom stereocenters. The zero-order valence-electron chi connectivity index (χ0n) is 12.0. The number of rotatable bonds is 4. The summed E-state index contributed by atoms with van der Waals surface area (Å²) in [6.07, 6.45) is 0. The maximum absolute atomic E-state index is 12.0. The van der Waals surface area contributed by atoms with Gasteiger partial charge in [-0.05, 0) is 36.8 Å². The predicted molar refractivity (Wildman–Crippen MR) is 85.9 cm³/mol. The van der Waals surface area contributed by atoms with Crippen molar-refractivity contribution in [3.05, 3.63) is 47.0 Å². The molecule has 2 N–H and O–H groups in total. The van der Waals surface area contributed by atoms with E-state index >= 15 is 0 Å². The van der Waals surface area contributed by atoms with Gasteiger partial charge in [0.2, 0.25) is 12.7 Å². The Balaban J connectivity index is 1.60. The van der Waals surface area contributed by atoms with Gasteiger partial charge in [-0.25, -0.2) is 0 Å². The summed E-state index contributed by atoms with van der Waals surface area (Å²) in [5.74, 6) is 1.17. The van der Waals surface area contributed by atoms with E-state index in [1.165, 1.54) is 0 Å². The van der Waals surface area contributed by atoms with Crippen LogP contribution in [0.1, 0.15) is 5.56 Å². The maximum atomic E-state index is 12.0. The van der Waals surface area contributed by atoms with Crippen LogP contribution in [0.5, 0.6) is 11.5 Å². The number of amides is 1. The van der Waals surface area contributed by atoms with Crippen LogP contribution in [-0.4, -0.2) is 19.2 Å². The normalized spacial score (nSPS) is 12.1. The van der Waals surface area contributed by atoms with Gasteiger partial charge in [0, 0.05) is 22.5 Å². The summed E-state index contributed by atoms with van der Waals surface area (Å²) < 4.78 is 10.5. The van der Waals surface area contributed by atoms with Crippen LogP contribution in [0.4, 0.5) is 11.4 Å². The molecule has 0 fully saturated rings. The molecule has 0 bridgehead atoms. The third-order valence-electron chi connectivity index (χ3n) is 3.36. The van der Waals surface area contributed by atoms with Crippen LogP contribution in [0, 0.1) is 6.92 Å². The monoisotopic (exact) mass is 318 g/mol. The molecule has 3 rings (SSSR count). The number of carbonyl (C=O) groups is 1. The van der Waals surface area contributed by atoms with Crippen LogP contribution in [0.15, 0.2) is 36.4 Å². The molecule has 22 heavy (non-hydrogen) atoms. The highest BCUT2D eigenvalue weighted by Crippen LogP contribution is 2.34. The van der Waals surface area contributed by atoms with Gasteiger partial charge in [0.1, 0.15) is 0 Å². The Morgan fingerprint density at radius 2 is 2.05 bits per heavy atom. The topological polar surface area (TPSA) is 59.6 Å². The van der Waals surface area contributed by atoms with Crippen molar-refractivity contribution in [1.29, 1.82) is 0 Å². The van der Waals surface area contributed by atoms with Gasteiger partial charge < -0.3 is 20.1 Å². The molecule has 2 aromatic carbocycles. The molecule has 0 spiro atoms. The molecule has 2 aromatic rings. The highest BCUT2D eigenvalue weighted by molar-refractivity contribution is 6.31. The second-order valence-corrected chi connectivity index (χ2v) is 5.29. The standard InChI is InChI=1S/C16H15ClN2O3/c1-10-12(17)3-2-4-13(10)18-8-16(20)19-11-5-6-14-15(7-11)22-9-21-14/h2-7,18H,8-9H2,1H3,(H,19,20). The van der Waals surface area contributed by atoms with Gasteiger partial charge in [0.15, 0.2) is 11.5 Å². The summed E-state index contributed by atoms with van der Waals surface area (Å²) in [7, 11) is 0. The van der Waals surface area contributed by atoms with Gasteiger partial charge in [-0.3, -0.25) is 4.79 Å². The molecule has 0 saturated carbocycles. The molecule has 0 saturated heterocycles. The fourth-order valence-corrected chi connectivity index (χ4v) is 2.33. The number of benzene rings is 2. The third kappa shape index (κ3) is 3.09. The van der Waals surface area contributed by atoms with Crippen LogP contribution in [0.3, 0.4) is 0 Å². The lowest BCUT2D eigenvalue weighted by Crippen LogP contribution is -2.22. The molecule has 1 aliphatic rings. The van der Waals surface area contributed by atoms with Crippen LogP contribution >= 0.6 is 11.6 Å². The highest BCUT2D eigenvalue weighted by atomic mass is 35.5. The first-order valence-corrected chi connectivity index (χ1v) is 7.20. The molecule has 0 aliphatic carbocycles. The van der Waals surface area contributed by atoms with E-state index < -0.39 is 0 Å². The van der Waals surface area contributed by atoms with Gasteiger partial charge in [0.05, 0.1) is 6.54 Å². The van der Waals surface area contributed by atoms with Gasteiger partial charge in [-0.15, -0.1) is 0 Å². The molecule has 1 aliphatic heterocycles. The Hall–Kier alpha value is -2.40. The number of hydrogen-bond donors (Lipinski definition) is 2. The van der Waals surface area contributed by atoms with E-state index in [-0.39, 0.29) is 19.2 Å². The van der Waals surface area contributed by atoms with Gasteiger partial charge in [0.25, 0.3) is 0 Å². The minimum atomic E-state index is -0.154. The summed E-state index contributed by atoms with van der Waals surface area (Å²) >= 11 is 6.05. The van der Waals surface area contributed by atoms with E-state index in [1.54, 1.807) is 18.2 Å². The van der Waals surface area contributed by atoms with Crippen molar-refractivity contribution in [2.45, 2.75) is 6.92 Å². The number of nitrogens with one attached hydrogen (secondary N) is 2. The SMILES string of the molecule is Cc1c(Cl)cccc1NCC(=O)Nc1ccc2c(c1)OCO2. The predicted octanol–water partition coefficient (Wildman–Crippen LogP) is 3.43. The summed E-state index contributed by atoms with van der Waals surface area (Å²) in [5.41, 5.74) is 2.42.